The number of hydrogen-bond donors (Lipinski definition) is 1. The molecule has 1 aliphatic heterocycles. The largest absolute Gasteiger partial charge is 0.325 e. The molecule has 0 saturated heterocycles. The van der Waals surface area contributed by atoms with Gasteiger partial charge in [-0.15, -0.1) is 11.8 Å². The quantitative estimate of drug-likeness (QED) is 0.417. The van der Waals surface area contributed by atoms with Crippen LogP contribution in [0.15, 0.2) is 67.9 Å². The van der Waals surface area contributed by atoms with Gasteiger partial charge in [-0.05, 0) is 43.3 Å². The van der Waals surface area contributed by atoms with Crippen LogP contribution in [-0.4, -0.2) is 27.0 Å². The van der Waals surface area contributed by atoms with Gasteiger partial charge in [-0.1, -0.05) is 45.4 Å². The molecule has 2 aromatic carbocycles. The lowest BCUT2D eigenvalue weighted by Crippen LogP contribution is -2.24. The Morgan fingerprint density at radius 1 is 1.21 bits per heavy atom. The second-order valence-electron chi connectivity index (χ2n) is 6.59. The molecule has 0 aliphatic carbocycles. The summed E-state index contributed by atoms with van der Waals surface area (Å²) in [7, 11) is 0. The van der Waals surface area contributed by atoms with Crippen LogP contribution in [0.1, 0.15) is 11.3 Å². The normalized spacial score (nSPS) is 12.6. The molecule has 0 radical (unpaired) electrons. The maximum atomic E-state index is 13.1. The number of anilines is 1. The smallest absolute Gasteiger partial charge is 0.272 e. The number of nitrogens with zero attached hydrogens (tertiary/aromatic N) is 2. The minimum absolute atomic E-state index is 0.0683. The van der Waals surface area contributed by atoms with Crippen LogP contribution in [0.2, 0.25) is 0 Å². The molecule has 0 atom stereocenters. The molecule has 29 heavy (non-hydrogen) atoms. The first kappa shape index (κ1) is 20.3. The van der Waals surface area contributed by atoms with Crippen LogP contribution in [0, 0.1) is 6.92 Å². The topological polar surface area (TPSA) is 64.0 Å². The fourth-order valence-corrected chi connectivity index (χ4v) is 5.09. The monoisotopic (exact) mass is 487 g/mol. The van der Waals surface area contributed by atoms with Crippen molar-refractivity contribution in [2.75, 3.05) is 16.8 Å². The fourth-order valence-electron chi connectivity index (χ4n) is 2.97. The van der Waals surface area contributed by atoms with Crippen LogP contribution in [0.5, 0.6) is 0 Å². The molecule has 0 saturated carbocycles. The van der Waals surface area contributed by atoms with Crippen LogP contribution < -0.4 is 10.9 Å². The summed E-state index contributed by atoms with van der Waals surface area (Å²) in [5, 5.41) is 3.43. The standard InChI is InChI=1S/C21H18BrN3O2S2/c1-13-2-6-15(7-3-13)23-18(26)12-29-21-24-17-10-11-28-19(17)20(27)25(21)16-8-4-14(22)5-9-16/h2-9H,10-12H2,1H3,(H,23,26). The van der Waals surface area contributed by atoms with Crippen molar-refractivity contribution in [1.29, 1.82) is 0 Å². The van der Waals surface area contributed by atoms with Crippen LogP contribution in [-0.2, 0) is 11.2 Å². The molecule has 0 bridgehead atoms. The molecule has 0 spiro atoms. The van der Waals surface area contributed by atoms with Gasteiger partial charge in [-0.2, -0.15) is 0 Å². The Morgan fingerprint density at radius 2 is 1.93 bits per heavy atom. The van der Waals surface area contributed by atoms with Gasteiger partial charge in [0.25, 0.3) is 5.56 Å². The molecule has 1 amide bonds. The Balaban J connectivity index is 1.60. The average molecular weight is 488 g/mol. The number of carbonyl (C=O) groups excluding carboxylic acids is 1. The Bertz CT molecular complexity index is 1110. The summed E-state index contributed by atoms with van der Waals surface area (Å²) in [6.45, 7) is 2.00. The number of nitrogens with one attached hydrogen (secondary N) is 1. The number of fused-ring (bicyclic) bond motifs is 1. The van der Waals surface area contributed by atoms with Crippen molar-refractivity contribution in [2.24, 2.45) is 0 Å². The van der Waals surface area contributed by atoms with Crippen molar-refractivity contribution < 1.29 is 4.79 Å². The summed E-state index contributed by atoms with van der Waals surface area (Å²) in [5.74, 6) is 0.897. The van der Waals surface area contributed by atoms with Crippen LogP contribution >= 0.6 is 39.5 Å². The summed E-state index contributed by atoms with van der Waals surface area (Å²) in [5.41, 5.74) is 3.39. The van der Waals surface area contributed by atoms with Crippen molar-refractivity contribution in [2.45, 2.75) is 23.4 Å². The van der Waals surface area contributed by atoms with Crippen molar-refractivity contribution in [1.82, 2.24) is 9.55 Å². The molecule has 1 aromatic heterocycles. The third-order valence-electron chi connectivity index (χ3n) is 4.42. The van der Waals surface area contributed by atoms with Crippen LogP contribution in [0.3, 0.4) is 0 Å². The molecule has 0 unspecified atom stereocenters. The summed E-state index contributed by atoms with van der Waals surface area (Å²) >= 11 is 6.25. The van der Waals surface area contributed by atoms with E-state index in [0.29, 0.717) is 10.1 Å². The molecule has 0 fully saturated rings. The number of thioether (sulfide) groups is 2. The van der Waals surface area contributed by atoms with E-state index >= 15 is 0 Å². The van der Waals surface area contributed by atoms with Gasteiger partial charge in [0.2, 0.25) is 5.91 Å². The number of rotatable bonds is 5. The molecule has 5 nitrogen and oxygen atoms in total. The molecule has 1 N–H and O–H groups in total. The van der Waals surface area contributed by atoms with Gasteiger partial charge >= 0.3 is 0 Å². The van der Waals surface area contributed by atoms with Crippen molar-refractivity contribution in [3.63, 3.8) is 0 Å². The molecule has 1 aliphatic rings. The van der Waals surface area contributed by atoms with E-state index in [-0.39, 0.29) is 17.2 Å². The summed E-state index contributed by atoms with van der Waals surface area (Å²) in [6.07, 6.45) is 0.777. The minimum Gasteiger partial charge on any atom is -0.325 e. The molecule has 2 heterocycles. The maximum Gasteiger partial charge on any atom is 0.272 e. The fraction of sp³-hybridized carbons (Fsp3) is 0.190. The van der Waals surface area contributed by atoms with E-state index in [9.17, 15) is 9.59 Å². The van der Waals surface area contributed by atoms with Gasteiger partial charge < -0.3 is 5.32 Å². The number of benzene rings is 2. The zero-order valence-electron chi connectivity index (χ0n) is 15.6. The first-order valence-corrected chi connectivity index (χ1v) is 11.8. The second-order valence-corrected chi connectivity index (χ2v) is 9.55. The lowest BCUT2D eigenvalue weighted by atomic mass is 10.2. The summed E-state index contributed by atoms with van der Waals surface area (Å²) < 4.78 is 2.54. The molecular formula is C21H18BrN3O2S2. The predicted molar refractivity (Wildman–Crippen MR) is 122 cm³/mol. The van der Waals surface area contributed by atoms with Gasteiger partial charge in [0, 0.05) is 22.3 Å². The molecule has 148 valence electrons. The zero-order chi connectivity index (χ0) is 20.4. The Labute approximate surface area is 185 Å². The second kappa shape index (κ2) is 8.77. The van der Waals surface area contributed by atoms with E-state index in [2.05, 4.69) is 21.2 Å². The SMILES string of the molecule is Cc1ccc(NC(=O)CSc2nc3c(c(=O)n2-c2ccc(Br)cc2)SCC3)cc1. The third kappa shape index (κ3) is 4.60. The van der Waals surface area contributed by atoms with Gasteiger partial charge in [-0.3, -0.25) is 14.2 Å². The third-order valence-corrected chi connectivity index (χ3v) is 6.99. The first-order chi connectivity index (χ1) is 14.0. The van der Waals surface area contributed by atoms with Crippen LogP contribution in [0.4, 0.5) is 5.69 Å². The van der Waals surface area contributed by atoms with E-state index in [1.807, 2.05) is 55.5 Å². The van der Waals surface area contributed by atoms with Crippen molar-refractivity contribution >= 4 is 51.0 Å². The zero-order valence-corrected chi connectivity index (χ0v) is 18.9. The lowest BCUT2D eigenvalue weighted by Gasteiger charge is -2.14. The summed E-state index contributed by atoms with van der Waals surface area (Å²) in [4.78, 5) is 31.0. The van der Waals surface area contributed by atoms with Crippen molar-refractivity contribution in [3.8, 4) is 5.69 Å². The maximum absolute atomic E-state index is 13.1. The van der Waals surface area contributed by atoms with Crippen molar-refractivity contribution in [3.05, 3.63) is 74.6 Å². The van der Waals surface area contributed by atoms with Gasteiger partial charge in [0.1, 0.15) is 0 Å². The number of carbonyl (C=O) groups is 1. The van der Waals surface area contributed by atoms with E-state index in [1.54, 1.807) is 16.3 Å². The molecule has 3 aromatic rings. The summed E-state index contributed by atoms with van der Waals surface area (Å²) in [6, 6.07) is 15.2. The van der Waals surface area contributed by atoms with Gasteiger partial charge in [0.05, 0.1) is 22.0 Å². The number of amides is 1. The highest BCUT2D eigenvalue weighted by Gasteiger charge is 2.23. The van der Waals surface area contributed by atoms with E-state index in [1.165, 1.54) is 11.8 Å². The van der Waals surface area contributed by atoms with E-state index in [4.69, 9.17) is 4.98 Å². The number of aryl methyl sites for hydroxylation is 2. The molecule has 4 rings (SSSR count). The average Bonchev–Trinajstić information content (AvgIpc) is 3.18. The van der Waals surface area contributed by atoms with Gasteiger partial charge in [0.15, 0.2) is 5.16 Å². The van der Waals surface area contributed by atoms with Crippen LogP contribution in [0.25, 0.3) is 5.69 Å². The Morgan fingerprint density at radius 3 is 2.66 bits per heavy atom. The lowest BCUT2D eigenvalue weighted by molar-refractivity contribution is -0.113. The van der Waals surface area contributed by atoms with Gasteiger partial charge in [-0.25, -0.2) is 4.98 Å². The predicted octanol–water partition coefficient (Wildman–Crippen LogP) is 4.68. The Hall–Kier alpha value is -2.03. The number of hydrogen-bond acceptors (Lipinski definition) is 5. The molecular weight excluding hydrogens is 470 g/mol. The highest BCUT2D eigenvalue weighted by Crippen LogP contribution is 2.30. The first-order valence-electron chi connectivity index (χ1n) is 9.05. The van der Waals surface area contributed by atoms with E-state index in [0.717, 1.165) is 39.3 Å². The highest BCUT2D eigenvalue weighted by molar-refractivity contribution is 9.10. The number of halogens is 1. The highest BCUT2D eigenvalue weighted by atomic mass is 79.9. The van der Waals surface area contributed by atoms with E-state index < -0.39 is 0 Å². The number of aromatic nitrogens is 2. The minimum atomic E-state index is -0.134. The Kier molecular flexibility index (Phi) is 6.12. The molecule has 8 heteroatoms.